The van der Waals surface area contributed by atoms with Crippen molar-refractivity contribution in [3.05, 3.63) is 66.2 Å². The first-order valence-corrected chi connectivity index (χ1v) is 8.75. The molecule has 136 valence electrons. The molecule has 0 radical (unpaired) electrons. The van der Waals surface area contributed by atoms with Gasteiger partial charge in [0, 0.05) is 16.6 Å². The predicted octanol–water partition coefficient (Wildman–Crippen LogP) is 4.68. The van der Waals surface area contributed by atoms with E-state index in [4.69, 9.17) is 0 Å². The van der Waals surface area contributed by atoms with Crippen LogP contribution < -0.4 is 10.2 Å². The third-order valence-corrected chi connectivity index (χ3v) is 4.76. The summed E-state index contributed by atoms with van der Waals surface area (Å²) in [6.07, 6.45) is -0.756. The van der Waals surface area contributed by atoms with Gasteiger partial charge in [-0.15, -0.1) is 10.2 Å². The highest BCUT2D eigenvalue weighted by molar-refractivity contribution is 6.21. The molecule has 0 saturated carbocycles. The molecule has 2 aliphatic rings. The smallest absolute Gasteiger partial charge is 0.241 e. The summed E-state index contributed by atoms with van der Waals surface area (Å²) in [6.45, 7) is 0. The Kier molecular flexibility index (Phi) is 3.68. The van der Waals surface area contributed by atoms with Gasteiger partial charge in [-0.25, -0.2) is 0 Å². The Morgan fingerprint density at radius 2 is 1.75 bits per heavy atom. The van der Waals surface area contributed by atoms with Crippen molar-refractivity contribution >= 4 is 39.6 Å². The fraction of sp³-hybridized carbons (Fsp3) is 0.100. The normalized spacial score (nSPS) is 16.4. The van der Waals surface area contributed by atoms with Crippen molar-refractivity contribution in [1.82, 2.24) is 0 Å². The van der Waals surface area contributed by atoms with E-state index in [1.54, 1.807) is 4.90 Å². The second kappa shape index (κ2) is 6.34. The van der Waals surface area contributed by atoms with Gasteiger partial charge in [-0.2, -0.15) is 0 Å². The molecule has 3 aromatic carbocycles. The third-order valence-electron chi connectivity index (χ3n) is 4.76. The summed E-state index contributed by atoms with van der Waals surface area (Å²) in [5.74, 6) is -0.641. The van der Waals surface area contributed by atoms with Crippen LogP contribution in [0.3, 0.4) is 0 Å². The summed E-state index contributed by atoms with van der Waals surface area (Å²) in [5, 5.41) is 19.7. The minimum atomic E-state index is -0.516. The van der Waals surface area contributed by atoms with Gasteiger partial charge in [0.05, 0.1) is 11.4 Å². The summed E-state index contributed by atoms with van der Waals surface area (Å²) in [6, 6.07) is 18.8. The zero-order chi connectivity index (χ0) is 19.1. The largest absolute Gasteiger partial charge is 0.323 e. The van der Waals surface area contributed by atoms with Gasteiger partial charge in [0.2, 0.25) is 18.0 Å². The zero-order valence-corrected chi connectivity index (χ0v) is 14.6. The SMILES string of the molecule is O=C1CC(=O)N(c2cccc(C3N=NN=N3)c2)c2ccc3ccccc3c2N1. The first-order chi connectivity index (χ1) is 13.7. The van der Waals surface area contributed by atoms with Gasteiger partial charge in [-0.3, -0.25) is 14.5 Å². The fourth-order valence-corrected chi connectivity index (χ4v) is 3.52. The molecule has 2 heterocycles. The van der Waals surface area contributed by atoms with Crippen LogP contribution in [0.1, 0.15) is 18.2 Å². The summed E-state index contributed by atoms with van der Waals surface area (Å²) < 4.78 is 0. The number of rotatable bonds is 2. The maximum absolute atomic E-state index is 12.9. The lowest BCUT2D eigenvalue weighted by Crippen LogP contribution is -2.26. The van der Waals surface area contributed by atoms with Crippen molar-refractivity contribution in [2.24, 2.45) is 20.7 Å². The van der Waals surface area contributed by atoms with Gasteiger partial charge in [-0.05, 0) is 34.0 Å². The van der Waals surface area contributed by atoms with Gasteiger partial charge in [0.25, 0.3) is 0 Å². The lowest BCUT2D eigenvalue weighted by atomic mass is 10.1. The number of fused-ring (bicyclic) bond motifs is 3. The average Bonchev–Trinajstić information content (AvgIpc) is 3.20. The Labute approximate surface area is 159 Å². The van der Waals surface area contributed by atoms with Crippen molar-refractivity contribution in [2.75, 3.05) is 10.2 Å². The van der Waals surface area contributed by atoms with Gasteiger partial charge in [-0.1, -0.05) is 42.5 Å². The van der Waals surface area contributed by atoms with E-state index in [0.717, 1.165) is 16.3 Å². The lowest BCUT2D eigenvalue weighted by Gasteiger charge is -2.24. The fourth-order valence-electron chi connectivity index (χ4n) is 3.52. The van der Waals surface area contributed by atoms with E-state index in [1.165, 1.54) is 0 Å². The van der Waals surface area contributed by atoms with Crippen LogP contribution in [0.25, 0.3) is 10.8 Å². The van der Waals surface area contributed by atoms with Crippen LogP contribution in [0.5, 0.6) is 0 Å². The zero-order valence-electron chi connectivity index (χ0n) is 14.6. The highest BCUT2D eigenvalue weighted by atomic mass is 16.2. The standard InChI is InChI=1S/C20H14N6O2/c27-17-11-18(28)26(14-6-3-5-13(10-14)20-22-24-25-23-20)16-9-8-12-4-1-2-7-15(12)19(16)21-17/h1-10,20H,11H2,(H,21,27). The van der Waals surface area contributed by atoms with E-state index in [9.17, 15) is 9.59 Å². The summed E-state index contributed by atoms with van der Waals surface area (Å²) in [4.78, 5) is 26.8. The number of carbonyl (C=O) groups is 2. The van der Waals surface area contributed by atoms with Crippen molar-refractivity contribution < 1.29 is 9.59 Å². The molecule has 0 aliphatic carbocycles. The Hall–Kier alpha value is -3.94. The molecule has 0 saturated heterocycles. The molecule has 0 unspecified atom stereocenters. The van der Waals surface area contributed by atoms with Crippen LogP contribution in [-0.2, 0) is 9.59 Å². The van der Waals surface area contributed by atoms with Crippen molar-refractivity contribution in [3.8, 4) is 0 Å². The first-order valence-electron chi connectivity index (χ1n) is 8.75. The molecular formula is C20H14N6O2. The van der Waals surface area contributed by atoms with Gasteiger partial charge in [0.15, 0.2) is 0 Å². The molecule has 3 aromatic rings. The molecule has 2 aliphatic heterocycles. The summed E-state index contributed by atoms with van der Waals surface area (Å²) in [5.41, 5.74) is 2.65. The number of benzene rings is 3. The molecule has 28 heavy (non-hydrogen) atoms. The lowest BCUT2D eigenvalue weighted by molar-refractivity contribution is -0.124. The maximum Gasteiger partial charge on any atom is 0.241 e. The molecule has 0 atom stereocenters. The number of hydrogen-bond donors (Lipinski definition) is 1. The average molecular weight is 370 g/mol. The van der Waals surface area contributed by atoms with Crippen LogP contribution in [0.2, 0.25) is 0 Å². The quantitative estimate of drug-likeness (QED) is 0.663. The Bertz CT molecular complexity index is 1170. The van der Waals surface area contributed by atoms with E-state index >= 15 is 0 Å². The van der Waals surface area contributed by atoms with E-state index in [1.807, 2.05) is 60.7 Å². The highest BCUT2D eigenvalue weighted by Gasteiger charge is 2.29. The number of hydrogen-bond acceptors (Lipinski definition) is 6. The number of anilines is 3. The number of nitrogens with one attached hydrogen (secondary N) is 1. The second-order valence-electron chi connectivity index (χ2n) is 6.51. The minimum Gasteiger partial charge on any atom is -0.323 e. The molecule has 0 aromatic heterocycles. The second-order valence-corrected chi connectivity index (χ2v) is 6.51. The molecule has 8 nitrogen and oxygen atoms in total. The highest BCUT2D eigenvalue weighted by Crippen LogP contribution is 2.40. The number of carbonyl (C=O) groups excluding carboxylic acids is 2. The van der Waals surface area contributed by atoms with E-state index in [0.29, 0.717) is 17.1 Å². The number of nitrogens with zero attached hydrogens (tertiary/aromatic N) is 5. The molecule has 0 spiro atoms. The summed E-state index contributed by atoms with van der Waals surface area (Å²) in [7, 11) is 0. The van der Waals surface area contributed by atoms with Crippen LogP contribution in [0.15, 0.2) is 81.3 Å². The Balaban J connectivity index is 1.70. The van der Waals surface area contributed by atoms with E-state index < -0.39 is 6.17 Å². The monoisotopic (exact) mass is 370 g/mol. The number of amides is 2. The van der Waals surface area contributed by atoms with Crippen LogP contribution in [-0.4, -0.2) is 11.8 Å². The predicted molar refractivity (Wildman–Crippen MR) is 103 cm³/mol. The van der Waals surface area contributed by atoms with Gasteiger partial charge >= 0.3 is 0 Å². The van der Waals surface area contributed by atoms with Crippen LogP contribution >= 0.6 is 0 Å². The van der Waals surface area contributed by atoms with Crippen molar-refractivity contribution in [2.45, 2.75) is 12.6 Å². The molecule has 0 bridgehead atoms. The Morgan fingerprint density at radius 1 is 0.929 bits per heavy atom. The topological polar surface area (TPSA) is 98.9 Å². The van der Waals surface area contributed by atoms with Crippen LogP contribution in [0.4, 0.5) is 17.1 Å². The first kappa shape index (κ1) is 16.2. The van der Waals surface area contributed by atoms with Gasteiger partial charge in [0.1, 0.15) is 6.42 Å². The summed E-state index contributed by atoms with van der Waals surface area (Å²) >= 11 is 0. The van der Waals surface area contributed by atoms with E-state index in [-0.39, 0.29) is 18.2 Å². The molecule has 5 rings (SSSR count). The van der Waals surface area contributed by atoms with Crippen molar-refractivity contribution in [1.29, 1.82) is 0 Å². The van der Waals surface area contributed by atoms with Crippen LogP contribution in [0, 0.1) is 0 Å². The minimum absolute atomic E-state index is 0.240. The maximum atomic E-state index is 12.9. The third kappa shape index (κ3) is 2.62. The molecule has 0 fully saturated rings. The molecule has 8 heteroatoms. The molecule has 2 amide bonds. The van der Waals surface area contributed by atoms with E-state index in [2.05, 4.69) is 26.0 Å². The molecule has 1 N–H and O–H groups in total. The molecular weight excluding hydrogens is 356 g/mol. The Morgan fingerprint density at radius 3 is 2.61 bits per heavy atom. The van der Waals surface area contributed by atoms with Crippen molar-refractivity contribution in [3.63, 3.8) is 0 Å². The van der Waals surface area contributed by atoms with Gasteiger partial charge < -0.3 is 5.32 Å².